The van der Waals surface area contributed by atoms with Gasteiger partial charge < -0.3 is 14.6 Å². The number of imide groups is 1. The van der Waals surface area contributed by atoms with Crippen LogP contribution in [0.5, 0.6) is 0 Å². The van der Waals surface area contributed by atoms with Crippen molar-refractivity contribution in [3.8, 4) is 0 Å². The van der Waals surface area contributed by atoms with Gasteiger partial charge in [0.1, 0.15) is 0 Å². The molecule has 2 amide bonds. The van der Waals surface area contributed by atoms with Gasteiger partial charge in [-0.1, -0.05) is 38.0 Å². The van der Waals surface area contributed by atoms with Gasteiger partial charge in [-0.05, 0) is 85.1 Å². The topological polar surface area (TPSA) is 65.8 Å². The van der Waals surface area contributed by atoms with Gasteiger partial charge in [-0.2, -0.15) is 0 Å². The minimum atomic E-state index is -0.160. The lowest BCUT2D eigenvalue weighted by Crippen LogP contribution is -2.44. The molecular formula is C32H43N3O3. The highest BCUT2D eigenvalue weighted by atomic mass is 16.3. The number of hydrogen-bond acceptors (Lipinski definition) is 4. The molecule has 2 saturated heterocycles. The summed E-state index contributed by atoms with van der Waals surface area (Å²) in [6.45, 7) is 6.29. The zero-order valence-electron chi connectivity index (χ0n) is 22.8. The van der Waals surface area contributed by atoms with Gasteiger partial charge in [0.2, 0.25) is 11.8 Å². The second-order valence-corrected chi connectivity index (χ2v) is 13.2. The summed E-state index contributed by atoms with van der Waals surface area (Å²) in [4.78, 5) is 31.5. The van der Waals surface area contributed by atoms with Crippen molar-refractivity contribution >= 4 is 22.7 Å². The normalized spacial score (nSPS) is 38.0. The van der Waals surface area contributed by atoms with Gasteiger partial charge in [0.25, 0.3) is 0 Å². The summed E-state index contributed by atoms with van der Waals surface area (Å²) in [5.41, 5.74) is 1.34. The fourth-order valence-corrected chi connectivity index (χ4v) is 9.59. The summed E-state index contributed by atoms with van der Waals surface area (Å²) in [7, 11) is 0. The van der Waals surface area contributed by atoms with Crippen molar-refractivity contribution in [3.63, 3.8) is 0 Å². The fraction of sp³-hybridized carbons (Fsp3) is 0.688. The molecule has 0 spiro atoms. The monoisotopic (exact) mass is 517 g/mol. The maximum absolute atomic E-state index is 13.6. The molecule has 2 aliphatic heterocycles. The Labute approximate surface area is 226 Å². The number of benzene rings is 1. The Balaban J connectivity index is 0.991. The first-order valence-electron chi connectivity index (χ1n) is 15.3. The number of carbonyl (C=O) groups is 2. The van der Waals surface area contributed by atoms with Crippen LogP contribution in [0.2, 0.25) is 0 Å². The van der Waals surface area contributed by atoms with Gasteiger partial charge in [0, 0.05) is 50.5 Å². The van der Waals surface area contributed by atoms with E-state index in [4.69, 9.17) is 0 Å². The lowest BCUT2D eigenvalue weighted by atomic mass is 9.70. The lowest BCUT2D eigenvalue weighted by molar-refractivity contribution is -0.142. The number of nitrogens with zero attached hydrogens (tertiary/aromatic N) is 3. The van der Waals surface area contributed by atoms with E-state index in [2.05, 4.69) is 52.9 Å². The predicted molar refractivity (Wildman–Crippen MR) is 147 cm³/mol. The zero-order chi connectivity index (χ0) is 26.0. The quantitative estimate of drug-likeness (QED) is 0.570. The Morgan fingerprint density at radius 3 is 2.29 bits per heavy atom. The van der Waals surface area contributed by atoms with Crippen LogP contribution in [-0.2, 0) is 9.59 Å². The highest BCUT2D eigenvalue weighted by molar-refractivity contribution is 6.06. The van der Waals surface area contributed by atoms with Crippen LogP contribution >= 0.6 is 0 Å². The summed E-state index contributed by atoms with van der Waals surface area (Å²) in [6.07, 6.45) is 10.4. The van der Waals surface area contributed by atoms with Gasteiger partial charge in [0.05, 0.1) is 11.8 Å². The van der Waals surface area contributed by atoms with Crippen molar-refractivity contribution in [1.29, 1.82) is 0 Å². The summed E-state index contributed by atoms with van der Waals surface area (Å²) < 4.78 is 2.48. The molecule has 204 valence electrons. The molecule has 1 aromatic heterocycles. The molecule has 1 aromatic carbocycles. The molecule has 6 unspecified atom stereocenters. The number of carbonyl (C=O) groups excluding carboxylic acids is 2. The van der Waals surface area contributed by atoms with Crippen molar-refractivity contribution in [2.75, 3.05) is 32.8 Å². The Bertz CT molecular complexity index is 1200. The smallest absolute Gasteiger partial charge is 0.233 e. The molecule has 3 aliphatic carbocycles. The van der Waals surface area contributed by atoms with Crippen molar-refractivity contribution in [1.82, 2.24) is 14.4 Å². The first kappa shape index (κ1) is 24.8. The van der Waals surface area contributed by atoms with Gasteiger partial charge in [-0.25, -0.2) is 0 Å². The number of likely N-dealkylation sites (tertiary alicyclic amines) is 2. The van der Waals surface area contributed by atoms with Crippen molar-refractivity contribution in [2.45, 2.75) is 57.9 Å². The number of piperidine rings is 1. The first-order valence-corrected chi connectivity index (χ1v) is 15.3. The number of rotatable bonds is 6. The van der Waals surface area contributed by atoms with Crippen LogP contribution in [0, 0.1) is 47.3 Å². The third-order valence-corrected chi connectivity index (χ3v) is 11.6. The Hall–Kier alpha value is -2.18. The summed E-state index contributed by atoms with van der Waals surface area (Å²) in [5, 5.41) is 11.3. The summed E-state index contributed by atoms with van der Waals surface area (Å²) >= 11 is 0. The van der Waals surface area contributed by atoms with Crippen molar-refractivity contribution < 1.29 is 14.7 Å². The maximum Gasteiger partial charge on any atom is 0.233 e. The van der Waals surface area contributed by atoms with E-state index in [1.165, 1.54) is 43.0 Å². The molecular weight excluding hydrogens is 474 g/mol. The minimum Gasteiger partial charge on any atom is -0.396 e. The number of aliphatic hydroxyl groups is 1. The molecule has 2 bridgehead atoms. The van der Waals surface area contributed by atoms with E-state index in [-0.39, 0.29) is 48.0 Å². The Morgan fingerprint density at radius 1 is 0.868 bits per heavy atom. The van der Waals surface area contributed by atoms with Crippen LogP contribution in [0.25, 0.3) is 10.9 Å². The molecule has 6 nitrogen and oxygen atoms in total. The second kappa shape index (κ2) is 9.78. The highest BCUT2D eigenvalue weighted by Crippen LogP contribution is 2.61. The number of amides is 2. The summed E-state index contributed by atoms with van der Waals surface area (Å²) in [5.74, 6) is 1.92. The number of aromatic nitrogens is 1. The van der Waals surface area contributed by atoms with Crippen LogP contribution in [0.4, 0.5) is 0 Å². The largest absolute Gasteiger partial charge is 0.396 e. The molecule has 3 saturated carbocycles. The van der Waals surface area contributed by atoms with Gasteiger partial charge in [0.15, 0.2) is 0 Å². The van der Waals surface area contributed by atoms with Crippen molar-refractivity contribution in [2.24, 2.45) is 47.3 Å². The number of aliphatic hydroxyl groups excluding tert-OH is 1. The highest BCUT2D eigenvalue weighted by Gasteiger charge is 2.66. The minimum absolute atomic E-state index is 0.0851. The molecule has 3 heterocycles. The molecule has 0 radical (unpaired) electrons. The van der Waals surface area contributed by atoms with E-state index >= 15 is 0 Å². The Kier molecular flexibility index (Phi) is 6.39. The lowest BCUT2D eigenvalue weighted by Gasteiger charge is -2.40. The molecule has 7 rings (SSSR count). The summed E-state index contributed by atoms with van der Waals surface area (Å²) in [6, 6.07) is 11.5. The maximum atomic E-state index is 13.6. The van der Waals surface area contributed by atoms with E-state index in [1.54, 1.807) is 4.90 Å². The van der Waals surface area contributed by atoms with E-state index in [0.717, 1.165) is 32.5 Å². The van der Waals surface area contributed by atoms with E-state index in [1.807, 2.05) is 0 Å². The van der Waals surface area contributed by atoms with Crippen LogP contribution in [0.1, 0.15) is 57.9 Å². The zero-order valence-corrected chi connectivity index (χ0v) is 22.8. The molecule has 5 aliphatic rings. The van der Waals surface area contributed by atoms with Crippen molar-refractivity contribution in [3.05, 3.63) is 36.5 Å². The third kappa shape index (κ3) is 3.89. The number of para-hydroxylation sites is 1. The standard InChI is InChI=1S/C32H43N3O3/c1-20-25-16-26(27(20)19-36)30-29(25)31(37)35(32(30)38)18-23-8-3-2-7-22(23)17-33-13-11-24(12-14-33)34-15-10-21-6-4-5-9-28(21)34/h4-6,9-10,15,20,22-27,29-30,36H,2-3,7-8,11-14,16-19H2,1H3/t20?,22-,23-,25?,26?,27?,29?,30?/m0/s1. The third-order valence-electron chi connectivity index (χ3n) is 11.6. The Morgan fingerprint density at radius 2 is 1.55 bits per heavy atom. The fourth-order valence-electron chi connectivity index (χ4n) is 9.59. The molecule has 5 fully saturated rings. The SMILES string of the molecule is CC1C(CO)C2CC1C1C(=O)N(C[C@@H]3CCCC[C@H]3CN3CCC(n4ccc5ccccc54)CC3)C(=O)C21. The molecule has 6 heteroatoms. The second-order valence-electron chi connectivity index (χ2n) is 13.2. The number of hydrogen-bond donors (Lipinski definition) is 1. The average Bonchev–Trinajstić information content (AvgIpc) is 3.68. The molecule has 2 aromatic rings. The van der Waals surface area contributed by atoms with Crippen LogP contribution in [0.15, 0.2) is 36.5 Å². The van der Waals surface area contributed by atoms with E-state index in [0.29, 0.717) is 30.3 Å². The van der Waals surface area contributed by atoms with Gasteiger partial charge in [-0.3, -0.25) is 14.5 Å². The average molecular weight is 518 g/mol. The van der Waals surface area contributed by atoms with E-state index < -0.39 is 0 Å². The van der Waals surface area contributed by atoms with Crippen LogP contribution in [-0.4, -0.2) is 64.1 Å². The first-order chi connectivity index (χ1) is 18.5. The molecule has 8 atom stereocenters. The van der Waals surface area contributed by atoms with Gasteiger partial charge >= 0.3 is 0 Å². The van der Waals surface area contributed by atoms with E-state index in [9.17, 15) is 14.7 Å². The number of fused-ring (bicyclic) bond motifs is 6. The molecule has 38 heavy (non-hydrogen) atoms. The van der Waals surface area contributed by atoms with Crippen LogP contribution in [0.3, 0.4) is 0 Å². The predicted octanol–water partition coefficient (Wildman–Crippen LogP) is 4.58. The van der Waals surface area contributed by atoms with Gasteiger partial charge in [-0.15, -0.1) is 0 Å². The molecule has 1 N–H and O–H groups in total. The van der Waals surface area contributed by atoms with Crippen LogP contribution < -0.4 is 0 Å².